The van der Waals surface area contributed by atoms with E-state index in [0.717, 1.165) is 0 Å². The summed E-state index contributed by atoms with van der Waals surface area (Å²) in [7, 11) is 0. The Bertz CT molecular complexity index is 775. The molecule has 0 aromatic heterocycles. The van der Waals surface area contributed by atoms with Crippen molar-refractivity contribution in [3.8, 4) is 0 Å². The molecule has 3 rings (SSSR count). The van der Waals surface area contributed by atoms with E-state index in [1.807, 2.05) is 0 Å². The van der Waals surface area contributed by atoms with Crippen molar-refractivity contribution in [1.82, 2.24) is 5.32 Å². The summed E-state index contributed by atoms with van der Waals surface area (Å²) in [6.07, 6.45) is 3.33. The van der Waals surface area contributed by atoms with Crippen LogP contribution in [0.1, 0.15) is 12.5 Å². The Balaban J connectivity index is 1.89. The summed E-state index contributed by atoms with van der Waals surface area (Å²) in [5.74, 6) is -1.24. The van der Waals surface area contributed by atoms with Crippen LogP contribution in [0.2, 0.25) is 0 Å². The lowest BCUT2D eigenvalue weighted by molar-refractivity contribution is -0.117. The molecule has 0 fully saturated rings. The van der Waals surface area contributed by atoms with Crippen molar-refractivity contribution >= 4 is 29.2 Å². The first-order chi connectivity index (χ1) is 10.5. The fourth-order valence-electron chi connectivity index (χ4n) is 2.10. The Morgan fingerprint density at radius 1 is 1.18 bits per heavy atom. The van der Waals surface area contributed by atoms with E-state index >= 15 is 0 Å². The number of aliphatic imine (C=N–C) groups is 3. The predicted octanol–water partition coefficient (Wildman–Crippen LogP) is 1.03. The maximum atomic E-state index is 12.9. The van der Waals surface area contributed by atoms with Crippen molar-refractivity contribution in [2.45, 2.75) is 13.0 Å². The van der Waals surface area contributed by atoms with Crippen LogP contribution < -0.4 is 5.32 Å². The lowest BCUT2D eigenvalue weighted by atomic mass is 10.0. The van der Waals surface area contributed by atoms with Crippen molar-refractivity contribution < 1.29 is 14.0 Å². The number of hydrogen-bond donors (Lipinski definition) is 1. The molecule has 1 aromatic carbocycles. The van der Waals surface area contributed by atoms with Gasteiger partial charge in [0.1, 0.15) is 5.82 Å². The summed E-state index contributed by atoms with van der Waals surface area (Å²) in [4.78, 5) is 35.1. The minimum Gasteiger partial charge on any atom is -0.295 e. The van der Waals surface area contributed by atoms with E-state index < -0.39 is 11.9 Å². The SMILES string of the molecule is CC(=O)NC1=NC(=O)C2N=C(c3ccc(F)cc3)C=CC2=N1. The number of fused-ring (bicyclic) bond motifs is 1. The van der Waals surface area contributed by atoms with Crippen LogP contribution in [0.15, 0.2) is 51.4 Å². The second-order valence-corrected chi connectivity index (χ2v) is 4.75. The van der Waals surface area contributed by atoms with E-state index in [2.05, 4.69) is 20.3 Å². The van der Waals surface area contributed by atoms with Crippen molar-refractivity contribution in [3.63, 3.8) is 0 Å². The summed E-state index contributed by atoms with van der Waals surface area (Å²) >= 11 is 0. The summed E-state index contributed by atoms with van der Waals surface area (Å²) < 4.78 is 12.9. The number of nitrogens with one attached hydrogen (secondary N) is 1. The Morgan fingerprint density at radius 2 is 1.91 bits per heavy atom. The Labute approximate surface area is 125 Å². The van der Waals surface area contributed by atoms with Crippen LogP contribution in [0.3, 0.4) is 0 Å². The third-order valence-electron chi connectivity index (χ3n) is 3.07. The van der Waals surface area contributed by atoms with Gasteiger partial charge in [0.05, 0.1) is 11.4 Å². The molecule has 0 saturated heterocycles. The van der Waals surface area contributed by atoms with Gasteiger partial charge in [-0.1, -0.05) is 0 Å². The van der Waals surface area contributed by atoms with E-state index in [4.69, 9.17) is 0 Å². The molecule has 0 radical (unpaired) electrons. The van der Waals surface area contributed by atoms with Gasteiger partial charge >= 0.3 is 0 Å². The Kier molecular flexibility index (Phi) is 3.46. The Hall–Kier alpha value is -2.96. The number of hydrogen-bond acceptors (Lipinski definition) is 4. The molecule has 0 spiro atoms. The number of dihydropyridines is 1. The summed E-state index contributed by atoms with van der Waals surface area (Å²) in [6, 6.07) is 4.98. The molecule has 110 valence electrons. The largest absolute Gasteiger partial charge is 0.295 e. The highest BCUT2D eigenvalue weighted by atomic mass is 19.1. The molecule has 0 aliphatic carbocycles. The number of carbonyl (C=O) groups is 2. The third kappa shape index (κ3) is 2.73. The third-order valence-corrected chi connectivity index (χ3v) is 3.07. The van der Waals surface area contributed by atoms with Crippen LogP contribution in [0, 0.1) is 5.82 Å². The van der Waals surface area contributed by atoms with Crippen molar-refractivity contribution in [2.24, 2.45) is 15.0 Å². The van der Waals surface area contributed by atoms with Gasteiger partial charge in [0.15, 0.2) is 6.04 Å². The first-order valence-electron chi connectivity index (χ1n) is 6.53. The van der Waals surface area contributed by atoms with Crippen LogP contribution in [0.25, 0.3) is 0 Å². The summed E-state index contributed by atoms with van der Waals surface area (Å²) in [6.45, 7) is 1.31. The van der Waals surface area contributed by atoms with E-state index in [1.54, 1.807) is 24.3 Å². The lowest BCUT2D eigenvalue weighted by Crippen LogP contribution is -2.39. The second kappa shape index (κ2) is 5.44. The van der Waals surface area contributed by atoms with Gasteiger partial charge in [-0.15, -0.1) is 0 Å². The maximum absolute atomic E-state index is 12.9. The number of benzene rings is 1. The van der Waals surface area contributed by atoms with Crippen LogP contribution in [0.5, 0.6) is 0 Å². The molecule has 1 unspecified atom stereocenters. The predicted molar refractivity (Wildman–Crippen MR) is 79.6 cm³/mol. The highest BCUT2D eigenvalue weighted by Gasteiger charge is 2.29. The smallest absolute Gasteiger partial charge is 0.279 e. The molecular formula is C15H11FN4O2. The molecule has 1 atom stereocenters. The van der Waals surface area contributed by atoms with Crippen molar-refractivity contribution in [2.75, 3.05) is 0 Å². The number of guanidine groups is 1. The number of amides is 2. The van der Waals surface area contributed by atoms with Crippen molar-refractivity contribution in [1.29, 1.82) is 0 Å². The van der Waals surface area contributed by atoms with Crippen LogP contribution in [0.4, 0.5) is 4.39 Å². The summed E-state index contributed by atoms with van der Waals surface area (Å²) in [5, 5.41) is 2.37. The van der Waals surface area contributed by atoms with Crippen LogP contribution in [-0.4, -0.2) is 35.2 Å². The molecule has 0 saturated carbocycles. The van der Waals surface area contributed by atoms with Gasteiger partial charge in [0.25, 0.3) is 5.91 Å². The standard InChI is InChI=1S/C15H11FN4O2/c1-8(21)17-15-19-12-7-6-11(18-13(12)14(22)20-15)9-2-4-10(16)5-3-9/h2-7,13H,1H3,(H,17,20,21,22). The van der Waals surface area contributed by atoms with E-state index in [0.29, 0.717) is 17.0 Å². The van der Waals surface area contributed by atoms with E-state index in [-0.39, 0.29) is 17.7 Å². The molecule has 1 aromatic rings. The number of nitrogens with zero attached hydrogens (tertiary/aromatic N) is 3. The molecule has 1 N–H and O–H groups in total. The monoisotopic (exact) mass is 298 g/mol. The average Bonchev–Trinajstić information content (AvgIpc) is 2.47. The molecule has 2 aliphatic rings. The molecule has 2 aliphatic heterocycles. The minimum absolute atomic E-state index is 0.0335. The first kappa shape index (κ1) is 14.0. The van der Waals surface area contributed by atoms with Gasteiger partial charge in [-0.05, 0) is 42.0 Å². The highest BCUT2D eigenvalue weighted by Crippen LogP contribution is 2.15. The number of allylic oxidation sites excluding steroid dienone is 1. The molecule has 7 heteroatoms. The second-order valence-electron chi connectivity index (χ2n) is 4.75. The molecule has 2 heterocycles. The van der Waals surface area contributed by atoms with Crippen molar-refractivity contribution in [3.05, 3.63) is 47.8 Å². The van der Waals surface area contributed by atoms with Crippen LogP contribution in [-0.2, 0) is 9.59 Å². The quantitative estimate of drug-likeness (QED) is 0.839. The van der Waals surface area contributed by atoms with E-state index in [9.17, 15) is 14.0 Å². The van der Waals surface area contributed by atoms with Gasteiger partial charge in [-0.25, -0.2) is 9.38 Å². The zero-order chi connectivity index (χ0) is 15.7. The van der Waals surface area contributed by atoms with E-state index in [1.165, 1.54) is 19.1 Å². The minimum atomic E-state index is -0.831. The lowest BCUT2D eigenvalue weighted by Gasteiger charge is -2.19. The fourth-order valence-corrected chi connectivity index (χ4v) is 2.10. The molecular weight excluding hydrogens is 287 g/mol. The highest BCUT2D eigenvalue weighted by molar-refractivity contribution is 6.28. The average molecular weight is 298 g/mol. The molecule has 2 amide bonds. The van der Waals surface area contributed by atoms with Gasteiger partial charge in [-0.2, -0.15) is 4.99 Å². The van der Waals surface area contributed by atoms with Gasteiger partial charge in [0, 0.05) is 6.92 Å². The van der Waals surface area contributed by atoms with Gasteiger partial charge in [-0.3, -0.25) is 19.9 Å². The number of rotatable bonds is 1. The fraction of sp³-hybridized carbons (Fsp3) is 0.133. The Morgan fingerprint density at radius 3 is 2.59 bits per heavy atom. The normalized spacial score (nSPS) is 19.8. The molecule has 6 nitrogen and oxygen atoms in total. The van der Waals surface area contributed by atoms with Gasteiger partial charge in [0.2, 0.25) is 11.9 Å². The first-order valence-corrected chi connectivity index (χ1v) is 6.53. The van der Waals surface area contributed by atoms with Crippen LogP contribution >= 0.6 is 0 Å². The number of halogens is 1. The maximum Gasteiger partial charge on any atom is 0.279 e. The van der Waals surface area contributed by atoms with Gasteiger partial charge < -0.3 is 0 Å². The zero-order valence-corrected chi connectivity index (χ0v) is 11.6. The number of carbonyl (C=O) groups excluding carboxylic acids is 2. The zero-order valence-electron chi connectivity index (χ0n) is 11.6. The molecule has 22 heavy (non-hydrogen) atoms. The summed E-state index contributed by atoms with van der Waals surface area (Å²) in [5.41, 5.74) is 1.66. The molecule has 0 bridgehead atoms. The topological polar surface area (TPSA) is 83.2 Å².